The topological polar surface area (TPSA) is 31.5 Å². The van der Waals surface area contributed by atoms with Gasteiger partial charge in [-0.3, -0.25) is 0 Å². The largest absolute Gasteiger partial charge is 0.361 e. The van der Waals surface area contributed by atoms with Crippen molar-refractivity contribution in [2.75, 3.05) is 46.9 Å². The minimum absolute atomic E-state index is 0.0579. The van der Waals surface area contributed by atoms with E-state index in [1.54, 1.807) is 0 Å². The summed E-state index contributed by atoms with van der Waals surface area (Å²) in [4.78, 5) is 7.78. The van der Waals surface area contributed by atoms with Crippen LogP contribution in [0.15, 0.2) is 24.4 Å². The Morgan fingerprint density at radius 1 is 1.27 bits per heavy atom. The first kappa shape index (κ1) is 19.3. The maximum atomic E-state index is 12.0. The summed E-state index contributed by atoms with van der Waals surface area (Å²) >= 11 is 0. The molecule has 1 fully saturated rings. The van der Waals surface area contributed by atoms with Gasteiger partial charge in [-0.2, -0.15) is 8.78 Å². The number of alkyl halides is 2. The summed E-state index contributed by atoms with van der Waals surface area (Å²) in [5.41, 5.74) is 3.89. The van der Waals surface area contributed by atoms with E-state index in [1.807, 2.05) is 11.9 Å². The van der Waals surface area contributed by atoms with E-state index in [-0.39, 0.29) is 6.61 Å². The third kappa shape index (κ3) is 5.02. The number of likely N-dealkylation sites (N-methyl/N-ethyl adjacent to an activating group) is 1. The Morgan fingerprint density at radius 2 is 2.04 bits per heavy atom. The number of aromatic nitrogens is 1. The molecule has 0 amide bonds. The highest BCUT2D eigenvalue weighted by Crippen LogP contribution is 2.30. The third-order valence-corrected chi connectivity index (χ3v) is 5.46. The average Bonchev–Trinajstić information content (AvgIpc) is 3.02. The van der Waals surface area contributed by atoms with Crippen LogP contribution in [0.1, 0.15) is 29.9 Å². The number of H-pyrrole nitrogens is 1. The number of ether oxygens (including phenoxy) is 1. The van der Waals surface area contributed by atoms with Crippen molar-refractivity contribution in [1.29, 1.82) is 0 Å². The molecule has 144 valence electrons. The molecule has 6 heteroatoms. The molecular weight excluding hydrogens is 336 g/mol. The van der Waals surface area contributed by atoms with Gasteiger partial charge in [-0.15, -0.1) is 0 Å². The lowest BCUT2D eigenvalue weighted by Gasteiger charge is -2.29. The van der Waals surface area contributed by atoms with E-state index < -0.39 is 6.61 Å². The zero-order valence-corrected chi connectivity index (χ0v) is 15.7. The fraction of sp³-hybridized carbons (Fsp3) is 0.600. The summed E-state index contributed by atoms with van der Waals surface area (Å²) in [5.74, 6) is 0.646. The molecule has 0 saturated carbocycles. The normalized spacial score (nSPS) is 17.0. The first-order chi connectivity index (χ1) is 12.5. The first-order valence-electron chi connectivity index (χ1n) is 9.39. The lowest BCUT2D eigenvalue weighted by molar-refractivity contribution is -0.131. The van der Waals surface area contributed by atoms with Gasteiger partial charge in [0.25, 0.3) is 0 Å². The van der Waals surface area contributed by atoms with Crippen LogP contribution in [0.2, 0.25) is 0 Å². The van der Waals surface area contributed by atoms with Gasteiger partial charge >= 0.3 is 6.61 Å². The molecule has 0 atom stereocenters. The van der Waals surface area contributed by atoms with Crippen LogP contribution < -0.4 is 0 Å². The average molecular weight is 365 g/mol. The Labute approximate surface area is 154 Å². The van der Waals surface area contributed by atoms with E-state index in [9.17, 15) is 8.78 Å². The van der Waals surface area contributed by atoms with Crippen LogP contribution in [0.3, 0.4) is 0 Å². The Balaban J connectivity index is 1.61. The SMILES string of the molecule is CN(CCOC(F)F)CCc1c[nH]c2ccc(C3CCN(C)CC3)cc12. The van der Waals surface area contributed by atoms with Crippen LogP contribution in [0.5, 0.6) is 0 Å². The molecule has 1 aromatic heterocycles. The molecule has 1 aliphatic rings. The summed E-state index contributed by atoms with van der Waals surface area (Å²) in [5, 5.41) is 1.29. The molecular formula is C20H29F2N3O. The fourth-order valence-corrected chi connectivity index (χ4v) is 3.72. The van der Waals surface area contributed by atoms with Crippen molar-refractivity contribution in [1.82, 2.24) is 14.8 Å². The van der Waals surface area contributed by atoms with E-state index in [0.29, 0.717) is 12.5 Å². The van der Waals surface area contributed by atoms with E-state index in [1.165, 1.54) is 34.9 Å². The van der Waals surface area contributed by atoms with Crippen LogP contribution in [0, 0.1) is 0 Å². The minimum Gasteiger partial charge on any atom is -0.361 e. The van der Waals surface area contributed by atoms with Crippen LogP contribution >= 0.6 is 0 Å². The van der Waals surface area contributed by atoms with Gasteiger partial charge in [0.1, 0.15) is 0 Å². The number of piperidine rings is 1. The predicted octanol–water partition coefficient (Wildman–Crippen LogP) is 3.69. The fourth-order valence-electron chi connectivity index (χ4n) is 3.72. The molecule has 1 saturated heterocycles. The van der Waals surface area contributed by atoms with Crippen molar-refractivity contribution in [3.8, 4) is 0 Å². The van der Waals surface area contributed by atoms with E-state index in [4.69, 9.17) is 0 Å². The second-order valence-corrected chi connectivity index (χ2v) is 7.38. The Kier molecular flexibility index (Phi) is 6.62. The summed E-state index contributed by atoms with van der Waals surface area (Å²) in [6.45, 7) is 1.02. The van der Waals surface area contributed by atoms with Crippen molar-refractivity contribution in [2.24, 2.45) is 0 Å². The Morgan fingerprint density at radius 3 is 2.77 bits per heavy atom. The number of benzene rings is 1. The number of fused-ring (bicyclic) bond motifs is 1. The highest BCUT2D eigenvalue weighted by atomic mass is 19.3. The zero-order chi connectivity index (χ0) is 18.5. The quantitative estimate of drug-likeness (QED) is 0.774. The predicted molar refractivity (Wildman–Crippen MR) is 101 cm³/mol. The smallest absolute Gasteiger partial charge is 0.345 e. The van der Waals surface area contributed by atoms with Gasteiger partial charge in [0.05, 0.1) is 6.61 Å². The van der Waals surface area contributed by atoms with Gasteiger partial charge in [0.15, 0.2) is 0 Å². The number of rotatable bonds is 8. The third-order valence-electron chi connectivity index (χ3n) is 5.46. The highest BCUT2D eigenvalue weighted by molar-refractivity contribution is 5.84. The van der Waals surface area contributed by atoms with Gasteiger partial charge in [-0.25, -0.2) is 0 Å². The zero-order valence-electron chi connectivity index (χ0n) is 15.7. The maximum Gasteiger partial charge on any atom is 0.345 e. The molecule has 0 aliphatic carbocycles. The van der Waals surface area contributed by atoms with Gasteiger partial charge in [0, 0.05) is 30.2 Å². The van der Waals surface area contributed by atoms with Crippen LogP contribution in [-0.4, -0.2) is 68.3 Å². The minimum atomic E-state index is -2.69. The van der Waals surface area contributed by atoms with Gasteiger partial charge < -0.3 is 19.5 Å². The molecule has 0 bridgehead atoms. The molecule has 26 heavy (non-hydrogen) atoms. The second kappa shape index (κ2) is 8.93. The van der Waals surface area contributed by atoms with E-state index >= 15 is 0 Å². The molecule has 4 nitrogen and oxygen atoms in total. The summed E-state index contributed by atoms with van der Waals surface area (Å²) < 4.78 is 28.4. The molecule has 1 N–H and O–H groups in total. The van der Waals surface area contributed by atoms with Crippen molar-refractivity contribution in [3.05, 3.63) is 35.5 Å². The Hall–Kier alpha value is -1.50. The van der Waals surface area contributed by atoms with Crippen molar-refractivity contribution >= 4 is 10.9 Å². The number of hydrogen-bond donors (Lipinski definition) is 1. The number of nitrogens with one attached hydrogen (secondary N) is 1. The number of hydrogen-bond acceptors (Lipinski definition) is 3. The lowest BCUT2D eigenvalue weighted by atomic mass is 9.88. The maximum absolute atomic E-state index is 12.0. The molecule has 0 unspecified atom stereocenters. The summed E-state index contributed by atoms with van der Waals surface area (Å²) in [6, 6.07) is 6.79. The number of halogens is 2. The summed E-state index contributed by atoms with van der Waals surface area (Å²) in [7, 11) is 4.13. The van der Waals surface area contributed by atoms with Crippen LogP contribution in [-0.2, 0) is 11.2 Å². The number of aromatic amines is 1. The van der Waals surface area contributed by atoms with E-state index in [2.05, 4.69) is 46.1 Å². The molecule has 3 rings (SSSR count). The monoisotopic (exact) mass is 365 g/mol. The molecule has 1 aliphatic heterocycles. The van der Waals surface area contributed by atoms with Crippen LogP contribution in [0.25, 0.3) is 10.9 Å². The molecule has 1 aromatic carbocycles. The molecule has 2 aromatic rings. The second-order valence-electron chi connectivity index (χ2n) is 7.38. The van der Waals surface area contributed by atoms with Crippen LogP contribution in [0.4, 0.5) is 8.78 Å². The van der Waals surface area contributed by atoms with Gasteiger partial charge in [-0.05, 0) is 75.6 Å². The van der Waals surface area contributed by atoms with E-state index in [0.717, 1.165) is 26.1 Å². The highest BCUT2D eigenvalue weighted by Gasteiger charge is 2.19. The Bertz CT molecular complexity index is 695. The number of nitrogens with zero attached hydrogens (tertiary/aromatic N) is 2. The number of likely N-dealkylation sites (tertiary alicyclic amines) is 1. The molecule has 0 radical (unpaired) electrons. The lowest BCUT2D eigenvalue weighted by Crippen LogP contribution is -2.29. The van der Waals surface area contributed by atoms with Crippen molar-refractivity contribution < 1.29 is 13.5 Å². The molecule has 2 heterocycles. The molecule has 0 spiro atoms. The first-order valence-corrected chi connectivity index (χ1v) is 9.39. The summed E-state index contributed by atoms with van der Waals surface area (Å²) in [6.07, 6.45) is 5.40. The van der Waals surface area contributed by atoms with Crippen molar-refractivity contribution in [3.63, 3.8) is 0 Å². The van der Waals surface area contributed by atoms with Crippen molar-refractivity contribution in [2.45, 2.75) is 31.8 Å². The van der Waals surface area contributed by atoms with Gasteiger partial charge in [0.2, 0.25) is 0 Å². The standard InChI is InChI=1S/C20H29F2N3O/c1-24-8-5-15(6-9-24)16-3-4-19-18(13-16)17(14-23-19)7-10-25(2)11-12-26-20(21)22/h3-4,13-15,20,23H,5-12H2,1-2H3. The van der Waals surface area contributed by atoms with Gasteiger partial charge in [-0.1, -0.05) is 6.07 Å².